The van der Waals surface area contributed by atoms with Crippen molar-refractivity contribution in [3.63, 3.8) is 0 Å². The molecule has 0 saturated heterocycles. The summed E-state index contributed by atoms with van der Waals surface area (Å²) in [7, 11) is 0. The largest absolute Gasteiger partial charge is 0.370 e. The summed E-state index contributed by atoms with van der Waals surface area (Å²) in [6.45, 7) is 10.1. The molecular weight excluding hydrogens is 254 g/mol. The molecule has 20 heavy (non-hydrogen) atoms. The second-order valence-electron chi connectivity index (χ2n) is 5.57. The highest BCUT2D eigenvalue weighted by molar-refractivity contribution is 5.03. The topological polar surface area (TPSA) is 60.2 Å². The first kappa shape index (κ1) is 15.4. The number of likely N-dealkylation sites (N-methyl/N-ethyl adjacent to an activating group) is 1. The second-order valence-corrected chi connectivity index (χ2v) is 5.57. The predicted octanol–water partition coefficient (Wildman–Crippen LogP) is 3.05. The Balaban J connectivity index is 2.09. The molecule has 3 unspecified atom stereocenters. The number of ether oxygens (including phenoxy) is 1. The average Bonchev–Trinajstić information content (AvgIpc) is 3.16. The van der Waals surface area contributed by atoms with Crippen molar-refractivity contribution in [2.45, 2.75) is 65.0 Å². The molecule has 1 heterocycles. The first-order valence-electron chi connectivity index (χ1n) is 7.89. The minimum absolute atomic E-state index is 0.0180. The Labute approximate surface area is 121 Å². The normalized spacial score (nSPS) is 19.8. The van der Waals surface area contributed by atoms with Crippen LogP contribution in [0.3, 0.4) is 0 Å². The van der Waals surface area contributed by atoms with Gasteiger partial charge in [-0.15, -0.1) is 0 Å². The zero-order valence-corrected chi connectivity index (χ0v) is 13.1. The van der Waals surface area contributed by atoms with E-state index in [-0.39, 0.29) is 12.0 Å². The van der Waals surface area contributed by atoms with Crippen molar-refractivity contribution in [1.82, 2.24) is 15.5 Å². The van der Waals surface area contributed by atoms with E-state index >= 15 is 0 Å². The highest BCUT2D eigenvalue weighted by Crippen LogP contribution is 2.42. The van der Waals surface area contributed by atoms with E-state index in [1.54, 1.807) is 0 Å². The van der Waals surface area contributed by atoms with Crippen molar-refractivity contribution in [2.24, 2.45) is 5.92 Å². The van der Waals surface area contributed by atoms with Gasteiger partial charge in [0, 0.05) is 12.6 Å². The Hall–Kier alpha value is -0.940. The third kappa shape index (κ3) is 3.58. The molecule has 1 aliphatic rings. The van der Waals surface area contributed by atoms with Crippen LogP contribution in [0.4, 0.5) is 0 Å². The lowest BCUT2D eigenvalue weighted by molar-refractivity contribution is 0.0384. The lowest BCUT2D eigenvalue weighted by Crippen LogP contribution is -2.31. The summed E-state index contributed by atoms with van der Waals surface area (Å²) in [6.07, 6.45) is 3.42. The van der Waals surface area contributed by atoms with Crippen LogP contribution in [-0.4, -0.2) is 29.3 Å². The van der Waals surface area contributed by atoms with Gasteiger partial charge in [-0.2, -0.15) is 4.98 Å². The molecular formula is C15H27N3O2. The maximum absolute atomic E-state index is 5.79. The summed E-state index contributed by atoms with van der Waals surface area (Å²) in [6, 6.07) is 0.338. The summed E-state index contributed by atoms with van der Waals surface area (Å²) >= 11 is 0. The Morgan fingerprint density at radius 3 is 2.65 bits per heavy atom. The van der Waals surface area contributed by atoms with Crippen molar-refractivity contribution >= 4 is 0 Å². The van der Waals surface area contributed by atoms with Gasteiger partial charge >= 0.3 is 0 Å². The van der Waals surface area contributed by atoms with Gasteiger partial charge in [0.25, 0.3) is 0 Å². The van der Waals surface area contributed by atoms with E-state index < -0.39 is 0 Å². The molecule has 0 bridgehead atoms. The molecule has 2 rings (SSSR count). The number of rotatable bonds is 9. The van der Waals surface area contributed by atoms with Crippen LogP contribution in [-0.2, 0) is 4.74 Å². The Bertz CT molecular complexity index is 404. The summed E-state index contributed by atoms with van der Waals surface area (Å²) < 4.78 is 11.3. The van der Waals surface area contributed by atoms with Gasteiger partial charge in [0.15, 0.2) is 0 Å². The van der Waals surface area contributed by atoms with Crippen LogP contribution in [0.1, 0.15) is 70.7 Å². The van der Waals surface area contributed by atoms with Gasteiger partial charge in [0.1, 0.15) is 6.10 Å². The van der Waals surface area contributed by atoms with Crippen molar-refractivity contribution in [2.75, 3.05) is 13.2 Å². The van der Waals surface area contributed by atoms with Crippen molar-refractivity contribution in [1.29, 1.82) is 0 Å². The third-order valence-electron chi connectivity index (χ3n) is 3.99. The number of hydrogen-bond donors (Lipinski definition) is 1. The third-order valence-corrected chi connectivity index (χ3v) is 3.99. The van der Waals surface area contributed by atoms with E-state index in [9.17, 15) is 0 Å². The molecule has 0 spiro atoms. The van der Waals surface area contributed by atoms with Crippen LogP contribution >= 0.6 is 0 Å². The first-order chi connectivity index (χ1) is 9.71. The average molecular weight is 281 g/mol. The van der Waals surface area contributed by atoms with Crippen LogP contribution in [0, 0.1) is 5.92 Å². The maximum Gasteiger partial charge on any atom is 0.231 e. The van der Waals surface area contributed by atoms with E-state index in [4.69, 9.17) is 9.26 Å². The fourth-order valence-corrected chi connectivity index (χ4v) is 2.72. The molecule has 3 atom stereocenters. The summed E-state index contributed by atoms with van der Waals surface area (Å²) in [5.74, 6) is 2.30. The molecule has 0 aromatic carbocycles. The minimum atomic E-state index is 0.0180. The van der Waals surface area contributed by atoms with Crippen LogP contribution in [0.15, 0.2) is 4.52 Å². The molecule has 5 heteroatoms. The summed E-state index contributed by atoms with van der Waals surface area (Å²) in [5.41, 5.74) is 0. The van der Waals surface area contributed by atoms with Gasteiger partial charge in [-0.25, -0.2) is 0 Å². The standard InChI is InChI=1S/C15H27N3O2/c1-5-12(10(4)16-6-2)15-17-14(18-20-15)13(19-7-3)11-8-9-11/h10-13,16H,5-9H2,1-4H3. The molecule has 0 aliphatic heterocycles. The van der Waals surface area contributed by atoms with Gasteiger partial charge in [0.2, 0.25) is 11.7 Å². The smallest absolute Gasteiger partial charge is 0.231 e. The monoisotopic (exact) mass is 281 g/mol. The maximum atomic E-state index is 5.79. The lowest BCUT2D eigenvalue weighted by Gasteiger charge is -2.19. The zero-order chi connectivity index (χ0) is 14.5. The van der Waals surface area contributed by atoms with Gasteiger partial charge in [-0.05, 0) is 45.6 Å². The van der Waals surface area contributed by atoms with Gasteiger partial charge in [-0.1, -0.05) is 19.0 Å². The predicted molar refractivity (Wildman–Crippen MR) is 77.6 cm³/mol. The van der Waals surface area contributed by atoms with E-state index in [1.165, 1.54) is 12.8 Å². The summed E-state index contributed by atoms with van der Waals surface area (Å²) in [4.78, 5) is 4.62. The number of nitrogens with zero attached hydrogens (tertiary/aromatic N) is 2. The quantitative estimate of drug-likeness (QED) is 0.754. The fraction of sp³-hybridized carbons (Fsp3) is 0.867. The van der Waals surface area contributed by atoms with Crippen LogP contribution < -0.4 is 5.32 Å². The van der Waals surface area contributed by atoms with E-state index in [0.717, 1.165) is 24.7 Å². The SMILES string of the molecule is CCNC(C)C(CC)c1nc(C(OCC)C2CC2)no1. The molecule has 0 amide bonds. The van der Waals surface area contributed by atoms with E-state index in [2.05, 4.69) is 36.2 Å². The molecule has 1 saturated carbocycles. The molecule has 1 aromatic heterocycles. The Morgan fingerprint density at radius 2 is 2.10 bits per heavy atom. The molecule has 5 nitrogen and oxygen atoms in total. The number of hydrogen-bond acceptors (Lipinski definition) is 5. The van der Waals surface area contributed by atoms with Crippen molar-refractivity contribution < 1.29 is 9.26 Å². The van der Waals surface area contributed by atoms with E-state index in [0.29, 0.717) is 18.6 Å². The number of aromatic nitrogens is 2. The lowest BCUT2D eigenvalue weighted by atomic mass is 9.98. The number of nitrogens with one attached hydrogen (secondary N) is 1. The minimum Gasteiger partial charge on any atom is -0.370 e. The first-order valence-corrected chi connectivity index (χ1v) is 7.89. The molecule has 1 N–H and O–H groups in total. The second kappa shape index (κ2) is 7.18. The Kier molecular flexibility index (Phi) is 5.54. The van der Waals surface area contributed by atoms with Crippen molar-refractivity contribution in [3.8, 4) is 0 Å². The highest BCUT2D eigenvalue weighted by atomic mass is 16.5. The summed E-state index contributed by atoms with van der Waals surface area (Å²) in [5, 5.41) is 7.60. The van der Waals surface area contributed by atoms with Crippen molar-refractivity contribution in [3.05, 3.63) is 11.7 Å². The zero-order valence-electron chi connectivity index (χ0n) is 13.1. The van der Waals surface area contributed by atoms with Gasteiger partial charge < -0.3 is 14.6 Å². The van der Waals surface area contributed by atoms with Crippen LogP contribution in [0.25, 0.3) is 0 Å². The highest BCUT2D eigenvalue weighted by Gasteiger charge is 2.36. The molecule has 0 radical (unpaired) electrons. The van der Waals surface area contributed by atoms with Crippen LogP contribution in [0.2, 0.25) is 0 Å². The van der Waals surface area contributed by atoms with Gasteiger partial charge in [-0.3, -0.25) is 0 Å². The Morgan fingerprint density at radius 1 is 1.35 bits per heavy atom. The van der Waals surface area contributed by atoms with Gasteiger partial charge in [0.05, 0.1) is 5.92 Å². The molecule has 114 valence electrons. The fourth-order valence-electron chi connectivity index (χ4n) is 2.72. The molecule has 1 aromatic rings. The van der Waals surface area contributed by atoms with E-state index in [1.807, 2.05) is 6.92 Å². The molecule has 1 fully saturated rings. The molecule has 1 aliphatic carbocycles. The van der Waals surface area contributed by atoms with Crippen LogP contribution in [0.5, 0.6) is 0 Å².